The normalized spacial score (nSPS) is 10.8. The van der Waals surface area contributed by atoms with Crippen LogP contribution in [0.3, 0.4) is 0 Å². The topological polar surface area (TPSA) is 133 Å². The molecule has 13 heteroatoms. The molecule has 1 aromatic heterocycles. The molecule has 1 heterocycles. The summed E-state index contributed by atoms with van der Waals surface area (Å²) in [5, 5.41) is 14.6. The van der Waals surface area contributed by atoms with Gasteiger partial charge in [-0.2, -0.15) is 5.10 Å². The van der Waals surface area contributed by atoms with Crippen molar-refractivity contribution in [3.05, 3.63) is 83.6 Å². The van der Waals surface area contributed by atoms with Gasteiger partial charge in [0.1, 0.15) is 5.75 Å². The first-order chi connectivity index (χ1) is 15.7. The van der Waals surface area contributed by atoms with Gasteiger partial charge in [-0.25, -0.2) is 10.2 Å². The molecule has 0 radical (unpaired) electrons. The van der Waals surface area contributed by atoms with Crippen molar-refractivity contribution in [2.75, 3.05) is 6.61 Å². The molecular formula is C20H12Br3N3O7. The largest absolute Gasteiger partial charge is 0.483 e. The molecule has 0 fully saturated rings. The Kier molecular flexibility index (Phi) is 8.36. The Balaban J connectivity index is 1.64. The summed E-state index contributed by atoms with van der Waals surface area (Å²) in [6.45, 7) is -0.393. The van der Waals surface area contributed by atoms with Gasteiger partial charge < -0.3 is 13.9 Å². The molecule has 3 rings (SSSR count). The van der Waals surface area contributed by atoms with Crippen LogP contribution in [0.2, 0.25) is 0 Å². The lowest BCUT2D eigenvalue weighted by Gasteiger charge is -2.10. The van der Waals surface area contributed by atoms with Crippen LogP contribution in [0.15, 0.2) is 71.7 Å². The van der Waals surface area contributed by atoms with Crippen molar-refractivity contribution < 1.29 is 28.4 Å². The standard InChI is InChI=1S/C20H12Br3N3O7/c21-12-6-11(19(15(23)7-12)33-20(28)17-2-1-5-31-17)9-24-25-18(27)10-32-16-4-3-13(26(29)30)8-14(16)22/h1-9H,10H2,(H,25,27)/b24-9-. The SMILES string of the molecule is O=C(COc1ccc([N+](=O)[O-])cc1Br)N/N=C\c1cc(Br)cc(Br)c1OC(=O)c1ccco1. The van der Waals surface area contributed by atoms with E-state index >= 15 is 0 Å². The number of nitrogens with zero attached hydrogens (tertiary/aromatic N) is 2. The maximum Gasteiger partial charge on any atom is 0.379 e. The van der Waals surface area contributed by atoms with E-state index in [1.807, 2.05) is 0 Å². The fourth-order valence-electron chi connectivity index (χ4n) is 2.39. The second-order valence-corrected chi connectivity index (χ2v) is 8.75. The third kappa shape index (κ3) is 6.73. The number of rotatable bonds is 8. The number of nitro groups is 1. The summed E-state index contributed by atoms with van der Waals surface area (Å²) in [7, 11) is 0. The number of furan rings is 1. The lowest BCUT2D eigenvalue weighted by molar-refractivity contribution is -0.384. The first-order valence-corrected chi connectivity index (χ1v) is 11.3. The maximum absolute atomic E-state index is 12.2. The predicted octanol–water partition coefficient (Wildman–Crippen LogP) is 5.22. The molecule has 3 aromatic rings. The first-order valence-electron chi connectivity index (χ1n) is 8.88. The number of carbonyl (C=O) groups is 2. The molecule has 0 saturated carbocycles. The number of esters is 1. The Labute approximate surface area is 211 Å². The molecule has 0 spiro atoms. The molecule has 0 unspecified atom stereocenters. The van der Waals surface area contributed by atoms with Gasteiger partial charge in [-0.3, -0.25) is 14.9 Å². The zero-order valence-corrected chi connectivity index (χ0v) is 21.0. The highest BCUT2D eigenvalue weighted by molar-refractivity contribution is 9.11. The third-order valence-corrected chi connectivity index (χ3v) is 5.50. The zero-order chi connectivity index (χ0) is 24.0. The molecule has 170 valence electrons. The summed E-state index contributed by atoms with van der Waals surface area (Å²) >= 11 is 9.82. The highest BCUT2D eigenvalue weighted by Gasteiger charge is 2.17. The van der Waals surface area contributed by atoms with Gasteiger partial charge in [-0.1, -0.05) is 15.9 Å². The Morgan fingerprint density at radius 1 is 1.15 bits per heavy atom. The van der Waals surface area contributed by atoms with Gasteiger partial charge >= 0.3 is 5.97 Å². The van der Waals surface area contributed by atoms with Crippen LogP contribution in [0.5, 0.6) is 11.5 Å². The number of non-ortho nitro benzene ring substituents is 1. The second kappa shape index (κ2) is 11.2. The van der Waals surface area contributed by atoms with Crippen molar-refractivity contribution >= 4 is 71.6 Å². The highest BCUT2D eigenvalue weighted by atomic mass is 79.9. The quantitative estimate of drug-likeness (QED) is 0.117. The molecule has 1 amide bonds. The number of nitrogens with one attached hydrogen (secondary N) is 1. The van der Waals surface area contributed by atoms with E-state index < -0.39 is 23.4 Å². The van der Waals surface area contributed by atoms with Crippen LogP contribution in [-0.4, -0.2) is 29.6 Å². The Hall–Kier alpha value is -3.03. The van der Waals surface area contributed by atoms with E-state index in [0.29, 0.717) is 19.0 Å². The van der Waals surface area contributed by atoms with E-state index in [4.69, 9.17) is 13.9 Å². The molecule has 0 aliphatic heterocycles. The number of carbonyl (C=O) groups excluding carboxylic acids is 2. The second-order valence-electron chi connectivity index (χ2n) is 6.13. The maximum atomic E-state index is 12.2. The lowest BCUT2D eigenvalue weighted by atomic mass is 10.2. The van der Waals surface area contributed by atoms with Crippen LogP contribution in [-0.2, 0) is 4.79 Å². The van der Waals surface area contributed by atoms with Crippen LogP contribution in [0.4, 0.5) is 5.69 Å². The molecule has 0 saturated heterocycles. The van der Waals surface area contributed by atoms with Crippen LogP contribution < -0.4 is 14.9 Å². The van der Waals surface area contributed by atoms with E-state index in [1.54, 1.807) is 18.2 Å². The number of ether oxygens (including phenoxy) is 2. The van der Waals surface area contributed by atoms with E-state index in [9.17, 15) is 19.7 Å². The minimum Gasteiger partial charge on any atom is -0.483 e. The first kappa shape index (κ1) is 24.6. The smallest absolute Gasteiger partial charge is 0.379 e. The molecule has 0 atom stereocenters. The summed E-state index contributed by atoms with van der Waals surface area (Å²) in [4.78, 5) is 34.5. The van der Waals surface area contributed by atoms with Crippen LogP contribution in [0.25, 0.3) is 0 Å². The van der Waals surface area contributed by atoms with Gasteiger partial charge in [0.15, 0.2) is 12.4 Å². The predicted molar refractivity (Wildman–Crippen MR) is 128 cm³/mol. The summed E-state index contributed by atoms with van der Waals surface area (Å²) in [6.07, 6.45) is 2.64. The molecule has 0 aliphatic rings. The van der Waals surface area contributed by atoms with Crippen LogP contribution >= 0.6 is 47.8 Å². The number of benzene rings is 2. The van der Waals surface area contributed by atoms with E-state index in [1.165, 1.54) is 36.7 Å². The Bertz CT molecular complexity index is 1230. The summed E-state index contributed by atoms with van der Waals surface area (Å²) < 4.78 is 17.2. The number of nitro benzene ring substituents is 1. The molecule has 0 bridgehead atoms. The van der Waals surface area contributed by atoms with Gasteiger partial charge in [0, 0.05) is 22.2 Å². The van der Waals surface area contributed by atoms with Crippen molar-refractivity contribution in [1.82, 2.24) is 5.43 Å². The van der Waals surface area contributed by atoms with E-state index in [0.717, 1.165) is 0 Å². The number of hydrogen-bond acceptors (Lipinski definition) is 8. The van der Waals surface area contributed by atoms with Gasteiger partial charge in [0.2, 0.25) is 5.76 Å². The molecule has 10 nitrogen and oxygen atoms in total. The van der Waals surface area contributed by atoms with Crippen LogP contribution in [0, 0.1) is 10.1 Å². The van der Waals surface area contributed by atoms with E-state index in [-0.39, 0.29) is 22.9 Å². The lowest BCUT2D eigenvalue weighted by Crippen LogP contribution is -2.24. The number of hydrazone groups is 1. The van der Waals surface area contributed by atoms with Gasteiger partial charge in [0.25, 0.3) is 11.6 Å². The van der Waals surface area contributed by atoms with Crippen molar-refractivity contribution in [3.63, 3.8) is 0 Å². The minimum atomic E-state index is -0.705. The Morgan fingerprint density at radius 3 is 2.61 bits per heavy atom. The molecule has 1 N–H and O–H groups in total. The monoisotopic (exact) mass is 643 g/mol. The molecular weight excluding hydrogens is 634 g/mol. The van der Waals surface area contributed by atoms with Gasteiger partial charge in [0.05, 0.1) is 26.3 Å². The van der Waals surface area contributed by atoms with Crippen LogP contribution in [0.1, 0.15) is 16.1 Å². The Morgan fingerprint density at radius 2 is 1.94 bits per heavy atom. The van der Waals surface area contributed by atoms with Crippen molar-refractivity contribution in [1.29, 1.82) is 0 Å². The summed E-state index contributed by atoms with van der Waals surface area (Å²) in [6, 6.07) is 10.2. The average Bonchev–Trinajstić information content (AvgIpc) is 3.30. The number of hydrogen-bond donors (Lipinski definition) is 1. The van der Waals surface area contributed by atoms with Gasteiger partial charge in [-0.05, 0) is 62.2 Å². The number of amides is 1. The van der Waals surface area contributed by atoms with E-state index in [2.05, 4.69) is 58.3 Å². The zero-order valence-electron chi connectivity index (χ0n) is 16.3. The summed E-state index contributed by atoms with van der Waals surface area (Å²) in [5.41, 5.74) is 2.56. The highest BCUT2D eigenvalue weighted by Crippen LogP contribution is 2.33. The van der Waals surface area contributed by atoms with Crippen molar-refractivity contribution in [2.45, 2.75) is 0 Å². The average molecular weight is 646 g/mol. The van der Waals surface area contributed by atoms with Crippen molar-refractivity contribution in [2.24, 2.45) is 5.10 Å². The molecule has 2 aromatic carbocycles. The van der Waals surface area contributed by atoms with Gasteiger partial charge in [-0.15, -0.1) is 0 Å². The fourth-order valence-corrected chi connectivity index (χ4v) is 4.21. The third-order valence-electron chi connectivity index (χ3n) is 3.83. The summed E-state index contributed by atoms with van der Waals surface area (Å²) in [5.74, 6) is -0.842. The minimum absolute atomic E-state index is 0.0237. The molecule has 0 aliphatic carbocycles. The molecule has 33 heavy (non-hydrogen) atoms. The number of halogens is 3. The fraction of sp³-hybridized carbons (Fsp3) is 0.0500. The van der Waals surface area contributed by atoms with Crippen molar-refractivity contribution in [3.8, 4) is 11.5 Å².